The topological polar surface area (TPSA) is 124 Å². The molecule has 0 aliphatic rings. The summed E-state index contributed by atoms with van der Waals surface area (Å²) in [4.78, 5) is 39.6. The van der Waals surface area contributed by atoms with Crippen molar-refractivity contribution < 1.29 is 13.8 Å². The zero-order valence-electron chi connectivity index (χ0n) is 27.4. The van der Waals surface area contributed by atoms with Crippen LogP contribution in [0.3, 0.4) is 0 Å². The van der Waals surface area contributed by atoms with E-state index in [1.165, 1.54) is 6.92 Å². The van der Waals surface area contributed by atoms with Crippen molar-refractivity contribution in [2.24, 2.45) is 0 Å². The minimum absolute atomic E-state index is 0.0796. The summed E-state index contributed by atoms with van der Waals surface area (Å²) >= 11 is 1.59. The lowest BCUT2D eigenvalue weighted by atomic mass is 10.2. The lowest BCUT2D eigenvalue weighted by molar-refractivity contribution is -0.106. The predicted octanol–water partition coefficient (Wildman–Crippen LogP) is 2.89. The monoisotopic (exact) mass is 638 g/mol. The Morgan fingerprint density at radius 2 is 1.56 bits per heavy atom. The van der Waals surface area contributed by atoms with E-state index in [0.29, 0.717) is 0 Å². The molecule has 0 saturated heterocycles. The highest BCUT2D eigenvalue weighted by Crippen LogP contribution is 2.23. The Balaban J connectivity index is 0. The van der Waals surface area contributed by atoms with E-state index >= 15 is 0 Å². The van der Waals surface area contributed by atoms with Crippen LogP contribution in [0.5, 0.6) is 0 Å². The normalized spacial score (nSPS) is 11.6. The number of pyridine rings is 1. The SMILES string of the molecule is C=O.C=S(C)(=O)NCC.CC=O.CCN(C)CCNC.CCN(CCNC)Cc1ccc2c(=O)c3ccccc3sc2n1. The van der Waals surface area contributed by atoms with E-state index in [4.69, 9.17) is 14.6 Å². The standard InChI is InChI=1S/C18H21N3OS.C6H16N2.C4H11NOS.C2H4O.CH2O/c1-3-21(11-10-19-2)12-13-8-9-15-17(22)14-6-4-5-7-16(14)23-18(15)20-13;1-4-8(3)6-5-7-2;1-4-5-7(2,3)6;1-2-3;1-2/h4-9,19H,3,10-12H2,1-2H3;7H,4-6H2,1-3H3;2,4H2,1,3H3,(H,5,6);2H,1H3;1H2. The van der Waals surface area contributed by atoms with Crippen LogP contribution in [-0.2, 0) is 25.8 Å². The number of benzene rings is 1. The molecule has 43 heavy (non-hydrogen) atoms. The van der Waals surface area contributed by atoms with Crippen molar-refractivity contribution >= 4 is 60.3 Å². The Hall–Kier alpha value is -2.58. The molecule has 1 aromatic carbocycles. The molecule has 2 aromatic heterocycles. The van der Waals surface area contributed by atoms with Crippen molar-refractivity contribution in [3.05, 3.63) is 52.3 Å². The van der Waals surface area contributed by atoms with Gasteiger partial charge in [0.15, 0.2) is 5.43 Å². The second-order valence-electron chi connectivity index (χ2n) is 9.29. The van der Waals surface area contributed by atoms with Gasteiger partial charge in [-0.15, -0.1) is 11.3 Å². The fraction of sp³-hybridized carbons (Fsp3) is 0.516. The van der Waals surface area contributed by atoms with Crippen molar-refractivity contribution in [3.63, 3.8) is 0 Å². The van der Waals surface area contributed by atoms with Gasteiger partial charge in [-0.1, -0.05) is 32.9 Å². The molecular weight excluding hydrogens is 585 g/mol. The number of fused-ring (bicyclic) bond motifs is 2. The zero-order chi connectivity index (χ0) is 33.3. The number of aromatic nitrogens is 1. The molecule has 1 atom stereocenters. The van der Waals surface area contributed by atoms with Crippen molar-refractivity contribution in [3.8, 4) is 0 Å². The van der Waals surface area contributed by atoms with E-state index < -0.39 is 9.71 Å². The summed E-state index contributed by atoms with van der Waals surface area (Å²) in [5.74, 6) is 3.38. The van der Waals surface area contributed by atoms with Gasteiger partial charge in [-0.3, -0.25) is 13.9 Å². The van der Waals surface area contributed by atoms with Crippen LogP contribution in [0.2, 0.25) is 0 Å². The van der Waals surface area contributed by atoms with E-state index in [1.807, 2.05) is 64.2 Å². The van der Waals surface area contributed by atoms with Crippen LogP contribution >= 0.6 is 11.3 Å². The Labute approximate surface area is 263 Å². The average molecular weight is 639 g/mol. The van der Waals surface area contributed by atoms with Crippen LogP contribution in [-0.4, -0.2) is 111 Å². The van der Waals surface area contributed by atoms with Gasteiger partial charge in [0.25, 0.3) is 0 Å². The Morgan fingerprint density at radius 1 is 0.977 bits per heavy atom. The molecule has 0 radical (unpaired) electrons. The molecule has 3 aromatic rings. The van der Waals surface area contributed by atoms with Crippen LogP contribution in [0.4, 0.5) is 0 Å². The van der Waals surface area contributed by atoms with Crippen molar-refractivity contribution in [2.45, 2.75) is 34.2 Å². The quantitative estimate of drug-likeness (QED) is 0.156. The summed E-state index contributed by atoms with van der Waals surface area (Å²) < 4.78 is 14.3. The molecular formula is C31H54N6O4S2. The summed E-state index contributed by atoms with van der Waals surface area (Å²) in [6.07, 6.45) is 2.33. The number of aldehydes is 1. The molecule has 2 heterocycles. The van der Waals surface area contributed by atoms with Crippen LogP contribution < -0.4 is 20.8 Å². The van der Waals surface area contributed by atoms with Crippen molar-refractivity contribution in [1.82, 2.24) is 30.1 Å². The third-order valence-electron chi connectivity index (χ3n) is 5.74. The molecule has 244 valence electrons. The van der Waals surface area contributed by atoms with E-state index in [9.17, 15) is 9.00 Å². The first kappa shape index (κ1) is 42.6. The molecule has 0 spiro atoms. The highest BCUT2D eigenvalue weighted by molar-refractivity contribution is 7.97. The number of carbonyl (C=O) groups is 2. The van der Waals surface area contributed by atoms with Gasteiger partial charge >= 0.3 is 0 Å². The summed E-state index contributed by atoms with van der Waals surface area (Å²) in [7, 11) is 4.14. The molecule has 0 aliphatic heterocycles. The highest BCUT2D eigenvalue weighted by atomic mass is 32.2. The Bertz CT molecular complexity index is 1320. The summed E-state index contributed by atoms with van der Waals surface area (Å²) in [6, 6.07) is 11.6. The van der Waals surface area contributed by atoms with Crippen LogP contribution in [0.15, 0.2) is 41.2 Å². The molecule has 0 amide bonds. The largest absolute Gasteiger partial charge is 0.318 e. The maximum Gasteiger partial charge on any atom is 0.197 e. The first-order valence-corrected chi connectivity index (χ1v) is 17.2. The molecule has 12 heteroatoms. The number of nitrogens with zero attached hydrogens (tertiary/aromatic N) is 3. The van der Waals surface area contributed by atoms with Gasteiger partial charge in [0.2, 0.25) is 0 Å². The van der Waals surface area contributed by atoms with Gasteiger partial charge in [-0.05, 0) is 71.3 Å². The molecule has 3 N–H and O–H groups in total. The fourth-order valence-electron chi connectivity index (χ4n) is 3.42. The van der Waals surface area contributed by atoms with Gasteiger partial charge in [0.1, 0.15) is 17.9 Å². The number of hydrogen-bond acceptors (Lipinski definition) is 10. The number of nitrogens with one attached hydrogen (secondary N) is 3. The van der Waals surface area contributed by atoms with E-state index in [2.05, 4.69) is 51.9 Å². The molecule has 10 nitrogen and oxygen atoms in total. The maximum absolute atomic E-state index is 12.6. The Morgan fingerprint density at radius 3 is 2.05 bits per heavy atom. The number of likely N-dealkylation sites (N-methyl/N-ethyl adjacent to an activating group) is 4. The summed E-state index contributed by atoms with van der Waals surface area (Å²) in [5, 5.41) is 7.76. The predicted molar refractivity (Wildman–Crippen MR) is 189 cm³/mol. The van der Waals surface area contributed by atoms with E-state index in [0.717, 1.165) is 84.6 Å². The third kappa shape index (κ3) is 19.3. The smallest absolute Gasteiger partial charge is 0.197 e. The highest BCUT2D eigenvalue weighted by Gasteiger charge is 2.09. The molecule has 1 unspecified atom stereocenters. The molecule has 3 rings (SSSR count). The molecule has 0 saturated carbocycles. The van der Waals surface area contributed by atoms with Crippen LogP contribution in [0.1, 0.15) is 33.4 Å². The lowest BCUT2D eigenvalue weighted by Gasteiger charge is -2.19. The van der Waals surface area contributed by atoms with Gasteiger partial charge < -0.3 is 25.1 Å². The van der Waals surface area contributed by atoms with Gasteiger partial charge in [0.05, 0.1) is 11.1 Å². The number of hydrogen-bond donors (Lipinski definition) is 3. The second kappa shape index (κ2) is 25.9. The summed E-state index contributed by atoms with van der Waals surface area (Å²) in [6.45, 7) is 17.5. The number of carbonyl (C=O) groups excluding carboxylic acids is 2. The molecule has 0 bridgehead atoms. The van der Waals surface area contributed by atoms with Crippen molar-refractivity contribution in [1.29, 1.82) is 0 Å². The average Bonchev–Trinajstić information content (AvgIpc) is 2.99. The summed E-state index contributed by atoms with van der Waals surface area (Å²) in [5.41, 5.74) is 1.09. The first-order valence-electron chi connectivity index (χ1n) is 14.3. The number of rotatable bonds is 12. The van der Waals surface area contributed by atoms with Gasteiger partial charge in [-0.2, -0.15) is 0 Å². The van der Waals surface area contributed by atoms with Gasteiger partial charge in [0, 0.05) is 65.3 Å². The van der Waals surface area contributed by atoms with Gasteiger partial charge in [-0.25, -0.2) is 9.71 Å². The van der Waals surface area contributed by atoms with E-state index in [-0.39, 0.29) is 5.43 Å². The Kier molecular flexibility index (Phi) is 25.6. The fourth-order valence-corrected chi connectivity index (χ4v) is 5.09. The van der Waals surface area contributed by atoms with E-state index in [1.54, 1.807) is 17.6 Å². The third-order valence-corrected chi connectivity index (χ3v) is 7.72. The zero-order valence-corrected chi connectivity index (χ0v) is 29.0. The first-order chi connectivity index (χ1) is 20.5. The minimum Gasteiger partial charge on any atom is -0.318 e. The minimum atomic E-state index is -1.92. The molecule has 0 fully saturated rings. The molecule has 0 aliphatic carbocycles. The van der Waals surface area contributed by atoms with Crippen molar-refractivity contribution in [2.75, 3.05) is 73.2 Å². The van der Waals surface area contributed by atoms with Crippen LogP contribution in [0.25, 0.3) is 20.3 Å². The lowest BCUT2D eigenvalue weighted by Crippen LogP contribution is -2.30. The maximum atomic E-state index is 12.6. The van der Waals surface area contributed by atoms with Crippen LogP contribution in [0, 0.1) is 0 Å². The second-order valence-corrected chi connectivity index (χ2v) is 12.6.